The van der Waals surface area contributed by atoms with Crippen LogP contribution in [0.3, 0.4) is 0 Å². The number of thioether (sulfide) groups is 1. The van der Waals surface area contributed by atoms with E-state index in [1.165, 1.54) is 22.2 Å². The third-order valence-corrected chi connectivity index (χ3v) is 6.69. The van der Waals surface area contributed by atoms with Crippen LogP contribution in [0, 0.1) is 0 Å². The number of aromatic nitrogens is 3. The van der Waals surface area contributed by atoms with Gasteiger partial charge in [0.25, 0.3) is 0 Å². The molecule has 5 nitrogen and oxygen atoms in total. The highest BCUT2D eigenvalue weighted by Gasteiger charge is 2.13. The van der Waals surface area contributed by atoms with Crippen molar-refractivity contribution in [1.82, 2.24) is 14.8 Å². The first kappa shape index (κ1) is 20.7. The fourth-order valence-electron chi connectivity index (χ4n) is 2.98. The molecule has 1 atom stereocenters. The van der Waals surface area contributed by atoms with Gasteiger partial charge in [0.2, 0.25) is 0 Å². The van der Waals surface area contributed by atoms with E-state index in [1.54, 1.807) is 11.3 Å². The van der Waals surface area contributed by atoms with E-state index in [-0.39, 0.29) is 6.61 Å². The summed E-state index contributed by atoms with van der Waals surface area (Å²) in [4.78, 5) is 1.26. The second-order valence-electron chi connectivity index (χ2n) is 6.88. The average molecular weight is 438 g/mol. The third kappa shape index (κ3) is 5.30. The molecule has 0 radical (unpaired) electrons. The van der Waals surface area contributed by atoms with Gasteiger partial charge < -0.3 is 14.4 Å². The predicted molar refractivity (Wildman–Crippen MR) is 122 cm³/mol. The molecule has 2 heterocycles. The molecule has 4 rings (SSSR count). The molecule has 154 valence electrons. The van der Waals surface area contributed by atoms with E-state index in [0.717, 1.165) is 28.7 Å². The summed E-state index contributed by atoms with van der Waals surface area (Å²) in [6, 6.07) is 22.3. The second kappa shape index (κ2) is 9.93. The Morgan fingerprint density at radius 1 is 1.00 bits per heavy atom. The molecule has 0 spiro atoms. The number of aliphatic hydroxyl groups is 1. The second-order valence-corrected chi connectivity index (χ2v) is 8.90. The SMILES string of the molecule is Cn1c(Cc2cccs2)nnc1SCC(O)COc1ccc(-c2ccccc2)cc1. The van der Waals surface area contributed by atoms with Crippen molar-refractivity contribution in [1.29, 1.82) is 0 Å². The maximum Gasteiger partial charge on any atom is 0.191 e. The number of hydrogen-bond donors (Lipinski definition) is 1. The van der Waals surface area contributed by atoms with Crippen LogP contribution in [0.5, 0.6) is 5.75 Å². The van der Waals surface area contributed by atoms with Gasteiger partial charge in [-0.2, -0.15) is 0 Å². The van der Waals surface area contributed by atoms with Crippen molar-refractivity contribution in [2.24, 2.45) is 7.05 Å². The Bertz CT molecular complexity index is 1050. The lowest BCUT2D eigenvalue weighted by Gasteiger charge is -2.12. The van der Waals surface area contributed by atoms with Gasteiger partial charge in [-0.3, -0.25) is 0 Å². The van der Waals surface area contributed by atoms with Crippen molar-refractivity contribution >= 4 is 23.1 Å². The minimum Gasteiger partial charge on any atom is -0.491 e. The standard InChI is InChI=1S/C23H23N3O2S2/c1-26-22(14-21-8-5-13-29-21)24-25-23(26)30-16-19(27)15-28-20-11-9-18(10-12-20)17-6-3-2-4-7-17/h2-13,19,27H,14-16H2,1H3. The lowest BCUT2D eigenvalue weighted by atomic mass is 10.1. The normalized spacial score (nSPS) is 12.1. The van der Waals surface area contributed by atoms with Gasteiger partial charge in [-0.1, -0.05) is 60.3 Å². The molecule has 7 heteroatoms. The first-order valence-electron chi connectivity index (χ1n) is 9.69. The van der Waals surface area contributed by atoms with Gasteiger partial charge in [0.1, 0.15) is 18.2 Å². The van der Waals surface area contributed by atoms with Crippen LogP contribution in [0.1, 0.15) is 10.7 Å². The summed E-state index contributed by atoms with van der Waals surface area (Å²) in [5.74, 6) is 2.16. The van der Waals surface area contributed by atoms with Gasteiger partial charge >= 0.3 is 0 Å². The van der Waals surface area contributed by atoms with Gasteiger partial charge in [-0.05, 0) is 34.7 Å². The lowest BCUT2D eigenvalue weighted by molar-refractivity contribution is 0.126. The minimum absolute atomic E-state index is 0.234. The molecule has 0 fully saturated rings. The number of ether oxygens (including phenoxy) is 1. The Morgan fingerprint density at radius 3 is 2.50 bits per heavy atom. The van der Waals surface area contributed by atoms with Crippen molar-refractivity contribution in [3.8, 4) is 16.9 Å². The zero-order valence-corrected chi connectivity index (χ0v) is 18.3. The number of hydrogen-bond acceptors (Lipinski definition) is 6. The molecule has 30 heavy (non-hydrogen) atoms. The molecule has 0 saturated heterocycles. The molecule has 2 aromatic heterocycles. The van der Waals surface area contributed by atoms with Gasteiger partial charge in [0.15, 0.2) is 5.16 Å². The van der Waals surface area contributed by atoms with Crippen LogP contribution < -0.4 is 4.74 Å². The highest BCUT2D eigenvalue weighted by molar-refractivity contribution is 7.99. The van der Waals surface area contributed by atoms with Gasteiger partial charge in [0.05, 0.1) is 6.10 Å². The van der Waals surface area contributed by atoms with Crippen LogP contribution in [-0.2, 0) is 13.5 Å². The number of nitrogens with zero attached hydrogens (tertiary/aromatic N) is 3. The Labute approximate surface area is 184 Å². The summed E-state index contributed by atoms with van der Waals surface area (Å²) >= 11 is 3.20. The van der Waals surface area contributed by atoms with Crippen LogP contribution in [0.25, 0.3) is 11.1 Å². The first-order valence-corrected chi connectivity index (χ1v) is 11.6. The monoisotopic (exact) mass is 437 g/mol. The highest BCUT2D eigenvalue weighted by atomic mass is 32.2. The van der Waals surface area contributed by atoms with Crippen LogP contribution in [0.2, 0.25) is 0 Å². The molecule has 0 aliphatic rings. The Hall–Kier alpha value is -2.61. The largest absolute Gasteiger partial charge is 0.491 e. The summed E-state index contributed by atoms with van der Waals surface area (Å²) in [7, 11) is 1.96. The molecule has 0 saturated carbocycles. The molecule has 1 unspecified atom stereocenters. The number of rotatable bonds is 9. The number of aliphatic hydroxyl groups excluding tert-OH is 1. The quantitative estimate of drug-likeness (QED) is 0.386. The zero-order chi connectivity index (χ0) is 20.8. The summed E-state index contributed by atoms with van der Waals surface area (Å²) < 4.78 is 7.73. The third-order valence-electron chi connectivity index (χ3n) is 4.65. The smallest absolute Gasteiger partial charge is 0.191 e. The van der Waals surface area contributed by atoms with Crippen LogP contribution in [-0.4, -0.2) is 38.3 Å². The van der Waals surface area contributed by atoms with E-state index in [0.29, 0.717) is 5.75 Å². The van der Waals surface area contributed by atoms with Gasteiger partial charge in [-0.15, -0.1) is 21.5 Å². The van der Waals surface area contributed by atoms with Crippen molar-refractivity contribution in [2.75, 3.05) is 12.4 Å². The molecule has 2 aromatic carbocycles. The van der Waals surface area contributed by atoms with Gasteiger partial charge in [-0.25, -0.2) is 0 Å². The van der Waals surface area contributed by atoms with Crippen molar-refractivity contribution in [3.05, 3.63) is 82.8 Å². The Morgan fingerprint density at radius 2 is 1.77 bits per heavy atom. The zero-order valence-electron chi connectivity index (χ0n) is 16.6. The summed E-state index contributed by atoms with van der Waals surface area (Å²) in [6.45, 7) is 0.234. The maximum atomic E-state index is 10.3. The molecule has 0 bridgehead atoms. The van der Waals surface area contributed by atoms with E-state index in [9.17, 15) is 5.11 Å². The Balaban J connectivity index is 1.25. The summed E-state index contributed by atoms with van der Waals surface area (Å²) in [5, 5.41) is 21.7. The highest BCUT2D eigenvalue weighted by Crippen LogP contribution is 2.23. The predicted octanol–water partition coefficient (Wildman–Crippen LogP) is 4.67. The fraction of sp³-hybridized carbons (Fsp3) is 0.217. The van der Waals surface area contributed by atoms with Crippen LogP contribution >= 0.6 is 23.1 Å². The van der Waals surface area contributed by atoms with E-state index in [2.05, 4.69) is 33.8 Å². The van der Waals surface area contributed by atoms with Crippen LogP contribution in [0.15, 0.2) is 77.3 Å². The molecule has 0 amide bonds. The van der Waals surface area contributed by atoms with Crippen molar-refractivity contribution < 1.29 is 9.84 Å². The Kier molecular flexibility index (Phi) is 6.84. The summed E-state index contributed by atoms with van der Waals surface area (Å²) in [5.41, 5.74) is 2.31. The summed E-state index contributed by atoms with van der Waals surface area (Å²) in [6.07, 6.45) is 0.174. The molecule has 0 aliphatic heterocycles. The van der Waals surface area contributed by atoms with Crippen LogP contribution in [0.4, 0.5) is 0 Å². The van der Waals surface area contributed by atoms with Crippen molar-refractivity contribution in [2.45, 2.75) is 17.7 Å². The first-order chi connectivity index (χ1) is 14.7. The minimum atomic E-state index is -0.596. The molecule has 1 N–H and O–H groups in total. The topological polar surface area (TPSA) is 60.2 Å². The molecular weight excluding hydrogens is 414 g/mol. The molecule has 0 aliphatic carbocycles. The van der Waals surface area contributed by atoms with E-state index in [1.807, 2.05) is 60.1 Å². The number of benzene rings is 2. The van der Waals surface area contributed by atoms with E-state index < -0.39 is 6.10 Å². The van der Waals surface area contributed by atoms with E-state index in [4.69, 9.17) is 4.74 Å². The van der Waals surface area contributed by atoms with E-state index >= 15 is 0 Å². The number of thiophene rings is 1. The van der Waals surface area contributed by atoms with Crippen molar-refractivity contribution in [3.63, 3.8) is 0 Å². The fourth-order valence-corrected chi connectivity index (χ4v) is 4.52. The molecular formula is C23H23N3O2S2. The maximum absolute atomic E-state index is 10.3. The average Bonchev–Trinajstić information content (AvgIpc) is 3.42. The molecule has 4 aromatic rings. The van der Waals surface area contributed by atoms with Gasteiger partial charge in [0, 0.05) is 24.1 Å². The lowest BCUT2D eigenvalue weighted by Crippen LogP contribution is -2.20.